The second-order valence-electron chi connectivity index (χ2n) is 3.11. The SMILES string of the molecule is CSC(=Nc1c(Cl)ccc(C(F)(F)F)c1Cl)NC#N. The Balaban J connectivity index is 3.40. The molecule has 0 atom stereocenters. The van der Waals surface area contributed by atoms with Crippen LogP contribution in [-0.4, -0.2) is 11.4 Å². The van der Waals surface area contributed by atoms with E-state index in [1.54, 1.807) is 12.4 Å². The monoisotopic (exact) mass is 327 g/mol. The van der Waals surface area contributed by atoms with Crippen molar-refractivity contribution in [3.63, 3.8) is 0 Å². The largest absolute Gasteiger partial charge is 0.417 e. The normalized spacial score (nSPS) is 12.2. The predicted octanol–water partition coefficient (Wildman–Crippen LogP) is 4.43. The highest BCUT2D eigenvalue weighted by molar-refractivity contribution is 8.13. The summed E-state index contributed by atoms with van der Waals surface area (Å²) in [6, 6.07) is 1.83. The third-order valence-electron chi connectivity index (χ3n) is 1.94. The van der Waals surface area contributed by atoms with Gasteiger partial charge in [-0.2, -0.15) is 18.4 Å². The Labute approximate surface area is 121 Å². The van der Waals surface area contributed by atoms with Gasteiger partial charge in [0.2, 0.25) is 0 Å². The highest BCUT2D eigenvalue weighted by Gasteiger charge is 2.34. The Bertz CT molecular complexity index is 552. The molecule has 0 bridgehead atoms. The number of rotatable bonds is 1. The van der Waals surface area contributed by atoms with Gasteiger partial charge in [0.15, 0.2) is 11.4 Å². The van der Waals surface area contributed by atoms with Crippen LogP contribution in [0.5, 0.6) is 0 Å². The molecule has 0 fully saturated rings. The third kappa shape index (κ3) is 3.93. The number of amidine groups is 1. The van der Waals surface area contributed by atoms with Crippen LogP contribution in [0.15, 0.2) is 17.1 Å². The molecule has 0 aliphatic rings. The molecule has 1 aromatic rings. The number of hydrogen-bond acceptors (Lipinski definition) is 3. The van der Waals surface area contributed by atoms with Crippen LogP contribution in [0.1, 0.15) is 5.56 Å². The smallest absolute Gasteiger partial charge is 0.271 e. The van der Waals surface area contributed by atoms with E-state index in [2.05, 4.69) is 10.3 Å². The first-order valence-electron chi connectivity index (χ1n) is 4.64. The van der Waals surface area contributed by atoms with Crippen LogP contribution in [0.25, 0.3) is 0 Å². The van der Waals surface area contributed by atoms with Crippen molar-refractivity contribution >= 4 is 45.8 Å². The van der Waals surface area contributed by atoms with Gasteiger partial charge in [0.25, 0.3) is 0 Å². The molecule has 0 amide bonds. The first-order chi connectivity index (χ1) is 8.81. The first-order valence-corrected chi connectivity index (χ1v) is 6.62. The molecule has 9 heteroatoms. The highest BCUT2D eigenvalue weighted by atomic mass is 35.5. The van der Waals surface area contributed by atoms with Crippen LogP contribution >= 0.6 is 35.0 Å². The minimum atomic E-state index is -4.60. The topological polar surface area (TPSA) is 48.2 Å². The summed E-state index contributed by atoms with van der Waals surface area (Å²) in [5.41, 5.74) is -1.26. The fourth-order valence-corrected chi connectivity index (χ4v) is 2.03. The summed E-state index contributed by atoms with van der Waals surface area (Å²) in [5.74, 6) is 0. The standard InChI is InChI=1S/C10H6Cl2F3N3S/c1-19-9(17-4-16)18-8-6(11)3-2-5(7(8)12)10(13,14)15/h2-3H,1H3,(H,17,18). The summed E-state index contributed by atoms with van der Waals surface area (Å²) >= 11 is 12.5. The highest BCUT2D eigenvalue weighted by Crippen LogP contribution is 2.43. The Hall–Kier alpha value is -1.10. The molecule has 0 aliphatic carbocycles. The fraction of sp³-hybridized carbons (Fsp3) is 0.200. The maximum atomic E-state index is 12.7. The fourth-order valence-electron chi connectivity index (χ4n) is 1.14. The lowest BCUT2D eigenvalue weighted by Gasteiger charge is -2.12. The number of nitrogens with zero attached hydrogens (tertiary/aromatic N) is 2. The summed E-state index contributed by atoms with van der Waals surface area (Å²) in [6.45, 7) is 0. The average molecular weight is 328 g/mol. The molecule has 0 aromatic heterocycles. The van der Waals surface area contributed by atoms with Crippen LogP contribution in [0.2, 0.25) is 10.0 Å². The minimum Gasteiger partial charge on any atom is -0.271 e. The number of benzene rings is 1. The molecule has 0 saturated carbocycles. The first kappa shape index (κ1) is 16.0. The van der Waals surface area contributed by atoms with Gasteiger partial charge in [-0.15, -0.1) is 0 Å². The maximum Gasteiger partial charge on any atom is 0.417 e. The second-order valence-corrected chi connectivity index (χ2v) is 4.69. The summed E-state index contributed by atoms with van der Waals surface area (Å²) in [4.78, 5) is 3.82. The van der Waals surface area contributed by atoms with E-state index in [0.29, 0.717) is 0 Å². The molecule has 0 radical (unpaired) electrons. The van der Waals surface area contributed by atoms with Crippen molar-refractivity contribution in [2.75, 3.05) is 6.26 Å². The molecule has 19 heavy (non-hydrogen) atoms. The Morgan fingerprint density at radius 3 is 2.53 bits per heavy atom. The van der Waals surface area contributed by atoms with Crippen molar-refractivity contribution in [2.24, 2.45) is 4.99 Å². The van der Waals surface area contributed by atoms with E-state index < -0.39 is 16.8 Å². The minimum absolute atomic E-state index is 0.0377. The number of alkyl halides is 3. The van der Waals surface area contributed by atoms with Crippen LogP contribution in [0.4, 0.5) is 18.9 Å². The lowest BCUT2D eigenvalue weighted by atomic mass is 10.2. The number of nitriles is 1. The van der Waals surface area contributed by atoms with Gasteiger partial charge in [-0.3, -0.25) is 5.32 Å². The van der Waals surface area contributed by atoms with E-state index in [0.717, 1.165) is 23.9 Å². The maximum absolute atomic E-state index is 12.7. The van der Waals surface area contributed by atoms with Crippen molar-refractivity contribution in [1.29, 1.82) is 5.26 Å². The zero-order valence-electron chi connectivity index (χ0n) is 9.35. The van der Waals surface area contributed by atoms with Crippen LogP contribution < -0.4 is 5.32 Å². The van der Waals surface area contributed by atoms with Gasteiger partial charge in [0.05, 0.1) is 15.6 Å². The Kier molecular flexibility index (Phi) is 5.35. The van der Waals surface area contributed by atoms with Crippen molar-refractivity contribution in [3.8, 4) is 6.19 Å². The van der Waals surface area contributed by atoms with E-state index >= 15 is 0 Å². The number of thioether (sulfide) groups is 1. The van der Waals surface area contributed by atoms with Crippen LogP contribution in [-0.2, 0) is 6.18 Å². The molecule has 1 N–H and O–H groups in total. The van der Waals surface area contributed by atoms with Gasteiger partial charge in [0.1, 0.15) is 5.69 Å². The molecule has 0 unspecified atom stereocenters. The zero-order chi connectivity index (χ0) is 14.6. The average Bonchev–Trinajstić information content (AvgIpc) is 2.31. The van der Waals surface area contributed by atoms with Crippen LogP contribution in [0.3, 0.4) is 0 Å². The van der Waals surface area contributed by atoms with Gasteiger partial charge < -0.3 is 0 Å². The lowest BCUT2D eigenvalue weighted by molar-refractivity contribution is -0.137. The van der Waals surface area contributed by atoms with Crippen LogP contribution in [0, 0.1) is 11.5 Å². The van der Waals surface area contributed by atoms with E-state index in [-0.39, 0.29) is 15.9 Å². The number of halogens is 5. The quantitative estimate of drug-likeness (QED) is 0.359. The molecular formula is C10H6Cl2F3N3S. The molecule has 3 nitrogen and oxygen atoms in total. The van der Waals surface area contributed by atoms with E-state index in [9.17, 15) is 13.2 Å². The van der Waals surface area contributed by atoms with Crippen molar-refractivity contribution in [1.82, 2.24) is 5.32 Å². The van der Waals surface area contributed by atoms with E-state index in [1.807, 2.05) is 0 Å². The summed E-state index contributed by atoms with van der Waals surface area (Å²) < 4.78 is 38.0. The molecule has 0 aliphatic heterocycles. The second kappa shape index (κ2) is 6.37. The summed E-state index contributed by atoms with van der Waals surface area (Å²) in [5, 5.41) is 10.1. The summed E-state index contributed by atoms with van der Waals surface area (Å²) in [6.07, 6.45) is -1.39. The van der Waals surface area contributed by atoms with Gasteiger partial charge in [-0.1, -0.05) is 35.0 Å². The molecule has 102 valence electrons. The van der Waals surface area contributed by atoms with Crippen molar-refractivity contribution in [3.05, 3.63) is 27.7 Å². The van der Waals surface area contributed by atoms with E-state index in [4.69, 9.17) is 28.5 Å². The van der Waals surface area contributed by atoms with Gasteiger partial charge >= 0.3 is 6.18 Å². The number of hydrogen-bond donors (Lipinski definition) is 1. The summed E-state index contributed by atoms with van der Waals surface area (Å²) in [7, 11) is 0. The third-order valence-corrected chi connectivity index (χ3v) is 3.21. The molecular weight excluding hydrogens is 322 g/mol. The number of nitrogens with one attached hydrogen (secondary N) is 1. The predicted molar refractivity (Wildman–Crippen MR) is 70.8 cm³/mol. The zero-order valence-corrected chi connectivity index (χ0v) is 11.7. The number of aliphatic imine (C=N–C) groups is 1. The molecule has 1 aromatic carbocycles. The van der Waals surface area contributed by atoms with Crippen molar-refractivity contribution in [2.45, 2.75) is 6.18 Å². The molecule has 0 heterocycles. The Morgan fingerprint density at radius 1 is 1.42 bits per heavy atom. The van der Waals surface area contributed by atoms with Gasteiger partial charge in [0, 0.05) is 0 Å². The Morgan fingerprint density at radius 2 is 2.05 bits per heavy atom. The van der Waals surface area contributed by atoms with E-state index in [1.165, 1.54) is 0 Å². The van der Waals surface area contributed by atoms with Gasteiger partial charge in [-0.25, -0.2) is 4.99 Å². The lowest BCUT2D eigenvalue weighted by Crippen LogP contribution is -2.13. The molecule has 0 saturated heterocycles. The molecule has 1 rings (SSSR count). The van der Waals surface area contributed by atoms with Gasteiger partial charge in [-0.05, 0) is 18.4 Å². The van der Waals surface area contributed by atoms with Crippen molar-refractivity contribution < 1.29 is 13.2 Å². The molecule has 0 spiro atoms.